The molecule has 2 aliphatic carbocycles. The van der Waals surface area contributed by atoms with Gasteiger partial charge >= 0.3 is 0 Å². The highest BCUT2D eigenvalue weighted by Gasteiger charge is 2.50. The average molecular weight is 282 g/mol. The normalized spacial score (nSPS) is 34.2. The highest BCUT2D eigenvalue weighted by Crippen LogP contribution is 2.48. The molecule has 0 radical (unpaired) electrons. The summed E-state index contributed by atoms with van der Waals surface area (Å²) in [6, 6.07) is 0.0725. The molecule has 1 aliphatic heterocycles. The first-order chi connectivity index (χ1) is 9.19. The number of nitrogens with one attached hydrogen (secondary N) is 1. The second kappa shape index (κ2) is 5.28. The van der Waals surface area contributed by atoms with Gasteiger partial charge in [0.2, 0.25) is 5.91 Å². The van der Waals surface area contributed by atoms with E-state index in [-0.39, 0.29) is 6.04 Å². The molecule has 108 valence electrons. The molecule has 1 N–H and O–H groups in total. The number of hydrogen-bond acceptors (Lipinski definition) is 3. The molecule has 0 spiro atoms. The van der Waals surface area contributed by atoms with Crippen LogP contribution < -0.4 is 5.32 Å². The van der Waals surface area contributed by atoms with Gasteiger partial charge in [-0.3, -0.25) is 10.1 Å². The van der Waals surface area contributed by atoms with Gasteiger partial charge < -0.3 is 4.90 Å². The van der Waals surface area contributed by atoms with Crippen molar-refractivity contribution in [2.45, 2.75) is 68.8 Å². The molecule has 0 aromatic heterocycles. The molecule has 3 rings (SSSR count). The molecule has 3 nitrogen and oxygen atoms in total. The van der Waals surface area contributed by atoms with Crippen LogP contribution >= 0.6 is 11.8 Å². The van der Waals surface area contributed by atoms with E-state index in [1.807, 2.05) is 11.8 Å². The minimum absolute atomic E-state index is 0.0725. The van der Waals surface area contributed by atoms with Crippen LogP contribution in [0.3, 0.4) is 0 Å². The van der Waals surface area contributed by atoms with Crippen LogP contribution in [0, 0.1) is 5.92 Å². The van der Waals surface area contributed by atoms with Gasteiger partial charge in [-0.1, -0.05) is 19.8 Å². The predicted molar refractivity (Wildman–Crippen MR) is 80.2 cm³/mol. The first-order valence-corrected chi connectivity index (χ1v) is 9.03. The molecule has 0 bridgehead atoms. The van der Waals surface area contributed by atoms with Gasteiger partial charge in [-0.15, -0.1) is 0 Å². The van der Waals surface area contributed by atoms with Crippen molar-refractivity contribution >= 4 is 17.7 Å². The Labute approximate surface area is 120 Å². The van der Waals surface area contributed by atoms with Gasteiger partial charge in [-0.25, -0.2) is 0 Å². The van der Waals surface area contributed by atoms with Crippen molar-refractivity contribution in [3.05, 3.63) is 0 Å². The molecule has 3 fully saturated rings. The molecule has 4 heteroatoms. The fourth-order valence-electron chi connectivity index (χ4n) is 3.71. The summed E-state index contributed by atoms with van der Waals surface area (Å²) >= 11 is 1.96. The van der Waals surface area contributed by atoms with Crippen molar-refractivity contribution < 1.29 is 4.79 Å². The molecule has 2 unspecified atom stereocenters. The highest BCUT2D eigenvalue weighted by molar-refractivity contribution is 8.00. The number of nitrogens with zero attached hydrogens (tertiary/aromatic N) is 1. The zero-order chi connectivity index (χ0) is 13.5. The standard InChI is InChI=1S/C15H26N2OS/c1-3-12-14(18)17(10-15(19-2)8-9-15)13(16-12)11-6-4-5-7-11/h11-13,16H,3-10H2,1-2H3. The van der Waals surface area contributed by atoms with Crippen LogP contribution in [0.5, 0.6) is 0 Å². The summed E-state index contributed by atoms with van der Waals surface area (Å²) in [6.07, 6.45) is 11.3. The number of hydrogen-bond donors (Lipinski definition) is 1. The Bertz CT molecular complexity index is 350. The van der Waals surface area contributed by atoms with Crippen LogP contribution in [0.15, 0.2) is 0 Å². The fourth-order valence-corrected chi connectivity index (χ4v) is 4.49. The maximum absolute atomic E-state index is 12.6. The zero-order valence-corrected chi connectivity index (χ0v) is 13.0. The highest BCUT2D eigenvalue weighted by atomic mass is 32.2. The lowest BCUT2D eigenvalue weighted by atomic mass is 10.0. The van der Waals surface area contributed by atoms with E-state index in [1.165, 1.54) is 38.5 Å². The number of carbonyl (C=O) groups is 1. The third kappa shape index (κ3) is 2.54. The maximum atomic E-state index is 12.6. The van der Waals surface area contributed by atoms with Gasteiger partial charge in [-0.05, 0) is 44.3 Å². The van der Waals surface area contributed by atoms with E-state index in [0.29, 0.717) is 22.7 Å². The molecular weight excluding hydrogens is 256 g/mol. The van der Waals surface area contributed by atoms with E-state index < -0.39 is 0 Å². The second-order valence-electron chi connectivity index (χ2n) is 6.47. The smallest absolute Gasteiger partial charge is 0.241 e. The number of amides is 1. The van der Waals surface area contributed by atoms with Crippen LogP contribution in [-0.4, -0.2) is 40.6 Å². The van der Waals surface area contributed by atoms with Crippen molar-refractivity contribution in [3.8, 4) is 0 Å². The summed E-state index contributed by atoms with van der Waals surface area (Å²) in [4.78, 5) is 14.8. The predicted octanol–water partition coefficient (Wildman–Crippen LogP) is 2.61. The maximum Gasteiger partial charge on any atom is 0.241 e. The van der Waals surface area contributed by atoms with Crippen molar-refractivity contribution in [3.63, 3.8) is 0 Å². The van der Waals surface area contributed by atoms with Gasteiger partial charge in [0.15, 0.2) is 0 Å². The Kier molecular flexibility index (Phi) is 3.82. The summed E-state index contributed by atoms with van der Waals surface area (Å²) in [5, 5.41) is 3.62. The first-order valence-electron chi connectivity index (χ1n) is 7.81. The molecule has 0 aromatic carbocycles. The minimum atomic E-state index is 0.0725. The third-order valence-electron chi connectivity index (χ3n) is 5.24. The van der Waals surface area contributed by atoms with Gasteiger partial charge in [0.1, 0.15) is 0 Å². The summed E-state index contributed by atoms with van der Waals surface area (Å²) in [5.74, 6) is 1.05. The molecule has 1 heterocycles. The van der Waals surface area contributed by atoms with E-state index in [9.17, 15) is 4.79 Å². The van der Waals surface area contributed by atoms with Crippen molar-refractivity contribution in [1.29, 1.82) is 0 Å². The Balaban J connectivity index is 1.74. The Morgan fingerprint density at radius 2 is 2.05 bits per heavy atom. The van der Waals surface area contributed by atoms with Gasteiger partial charge in [-0.2, -0.15) is 11.8 Å². The molecule has 2 saturated carbocycles. The van der Waals surface area contributed by atoms with Crippen LogP contribution in [0.25, 0.3) is 0 Å². The molecule has 1 amide bonds. The Hall–Kier alpha value is -0.220. The Morgan fingerprint density at radius 3 is 2.58 bits per heavy atom. The summed E-state index contributed by atoms with van der Waals surface area (Å²) in [5.41, 5.74) is 0. The molecule has 2 atom stereocenters. The van der Waals surface area contributed by atoms with E-state index >= 15 is 0 Å². The van der Waals surface area contributed by atoms with Gasteiger partial charge in [0.25, 0.3) is 0 Å². The minimum Gasteiger partial charge on any atom is -0.324 e. The van der Waals surface area contributed by atoms with Crippen molar-refractivity contribution in [1.82, 2.24) is 10.2 Å². The molecule has 3 aliphatic rings. The zero-order valence-electron chi connectivity index (χ0n) is 12.2. The summed E-state index contributed by atoms with van der Waals surface area (Å²) in [6.45, 7) is 3.09. The van der Waals surface area contributed by atoms with Gasteiger partial charge in [0.05, 0.1) is 12.2 Å². The first kappa shape index (κ1) is 13.7. The fraction of sp³-hybridized carbons (Fsp3) is 0.933. The summed E-state index contributed by atoms with van der Waals surface area (Å²) in [7, 11) is 0. The van der Waals surface area contributed by atoms with Gasteiger partial charge in [0, 0.05) is 11.3 Å². The molecular formula is C15H26N2OS. The van der Waals surface area contributed by atoms with Crippen LogP contribution in [-0.2, 0) is 4.79 Å². The van der Waals surface area contributed by atoms with E-state index in [2.05, 4.69) is 23.4 Å². The lowest BCUT2D eigenvalue weighted by Crippen LogP contribution is -2.45. The molecule has 0 aromatic rings. The van der Waals surface area contributed by atoms with E-state index in [0.717, 1.165) is 13.0 Å². The third-order valence-corrected chi connectivity index (χ3v) is 6.65. The lowest BCUT2D eigenvalue weighted by Gasteiger charge is -2.31. The van der Waals surface area contributed by atoms with Crippen molar-refractivity contribution in [2.24, 2.45) is 5.92 Å². The Morgan fingerprint density at radius 1 is 1.37 bits per heavy atom. The number of carbonyl (C=O) groups excluding carboxylic acids is 1. The van der Waals surface area contributed by atoms with E-state index in [4.69, 9.17) is 0 Å². The SMILES string of the molecule is CCC1NC(C2CCCC2)N(CC2(SC)CC2)C1=O. The molecule has 19 heavy (non-hydrogen) atoms. The largest absolute Gasteiger partial charge is 0.324 e. The monoisotopic (exact) mass is 282 g/mol. The lowest BCUT2D eigenvalue weighted by molar-refractivity contribution is -0.130. The van der Waals surface area contributed by atoms with Crippen LogP contribution in [0.4, 0.5) is 0 Å². The average Bonchev–Trinajstić information content (AvgIpc) is 2.85. The quantitative estimate of drug-likeness (QED) is 0.841. The number of rotatable bonds is 5. The number of thioether (sulfide) groups is 1. The second-order valence-corrected chi connectivity index (χ2v) is 7.74. The summed E-state index contributed by atoms with van der Waals surface area (Å²) < 4.78 is 0.386. The van der Waals surface area contributed by atoms with Crippen LogP contribution in [0.1, 0.15) is 51.9 Å². The van der Waals surface area contributed by atoms with Crippen molar-refractivity contribution in [2.75, 3.05) is 12.8 Å². The van der Waals surface area contributed by atoms with Crippen LogP contribution in [0.2, 0.25) is 0 Å². The van der Waals surface area contributed by atoms with E-state index in [1.54, 1.807) is 0 Å². The topological polar surface area (TPSA) is 32.3 Å². The molecule has 1 saturated heterocycles.